The van der Waals surface area contributed by atoms with Gasteiger partial charge in [0.25, 0.3) is 0 Å². The highest BCUT2D eigenvalue weighted by molar-refractivity contribution is 6.28. The van der Waals surface area contributed by atoms with E-state index < -0.39 is 4.92 Å². The number of anilines is 1. The highest BCUT2D eigenvalue weighted by Gasteiger charge is 2.31. The van der Waals surface area contributed by atoms with Gasteiger partial charge in [-0.3, -0.25) is 10.1 Å². The number of aromatic nitrogens is 2. The van der Waals surface area contributed by atoms with E-state index in [1.807, 2.05) is 4.90 Å². The highest BCUT2D eigenvalue weighted by atomic mass is 35.5. The Morgan fingerprint density at radius 2 is 2.28 bits per heavy atom. The van der Waals surface area contributed by atoms with Crippen LogP contribution in [0, 0.1) is 15.5 Å². The topological polar surface area (TPSA) is 72.2 Å². The van der Waals surface area contributed by atoms with E-state index in [0.717, 1.165) is 25.9 Å². The van der Waals surface area contributed by atoms with Crippen LogP contribution in [0.2, 0.25) is 5.28 Å². The van der Waals surface area contributed by atoms with Gasteiger partial charge < -0.3 is 4.90 Å². The maximum absolute atomic E-state index is 11.0. The number of nitro groups is 1. The van der Waals surface area contributed by atoms with E-state index in [0.29, 0.717) is 5.82 Å². The van der Waals surface area contributed by atoms with Crippen molar-refractivity contribution in [1.82, 2.24) is 9.97 Å². The van der Waals surface area contributed by atoms with E-state index in [2.05, 4.69) is 23.8 Å². The molecule has 0 N–H and O–H groups in total. The molecule has 7 heteroatoms. The molecule has 0 aliphatic carbocycles. The van der Waals surface area contributed by atoms with Crippen LogP contribution in [0.4, 0.5) is 11.5 Å². The van der Waals surface area contributed by atoms with Gasteiger partial charge in [-0.1, -0.05) is 13.8 Å². The normalized spacial score (nSPS) is 18.7. The summed E-state index contributed by atoms with van der Waals surface area (Å²) in [6, 6.07) is 0. The van der Waals surface area contributed by atoms with Crippen LogP contribution in [0.15, 0.2) is 6.20 Å². The molecular formula is C11H15ClN4O2. The second kappa shape index (κ2) is 4.68. The summed E-state index contributed by atoms with van der Waals surface area (Å²) in [5.41, 5.74) is 0.0425. The maximum atomic E-state index is 11.0. The second-order valence-corrected chi connectivity index (χ2v) is 5.63. The molecule has 1 saturated heterocycles. The van der Waals surface area contributed by atoms with Crippen molar-refractivity contribution in [2.45, 2.75) is 26.7 Å². The molecule has 0 amide bonds. The summed E-state index contributed by atoms with van der Waals surface area (Å²) in [4.78, 5) is 20.2. The Hall–Kier alpha value is -1.43. The van der Waals surface area contributed by atoms with Crippen molar-refractivity contribution in [3.05, 3.63) is 21.6 Å². The van der Waals surface area contributed by atoms with Crippen molar-refractivity contribution < 1.29 is 4.92 Å². The zero-order valence-corrected chi connectivity index (χ0v) is 11.1. The van der Waals surface area contributed by atoms with Gasteiger partial charge in [-0.25, -0.2) is 4.98 Å². The fourth-order valence-electron chi connectivity index (χ4n) is 2.31. The number of halogens is 1. The molecule has 18 heavy (non-hydrogen) atoms. The van der Waals surface area contributed by atoms with E-state index in [4.69, 9.17) is 11.6 Å². The molecule has 1 fully saturated rings. The molecular weight excluding hydrogens is 256 g/mol. The fraction of sp³-hybridized carbons (Fsp3) is 0.636. The van der Waals surface area contributed by atoms with Gasteiger partial charge in [-0.2, -0.15) is 4.98 Å². The van der Waals surface area contributed by atoms with Crippen LogP contribution in [0.25, 0.3) is 0 Å². The molecule has 2 rings (SSSR count). The molecule has 0 radical (unpaired) electrons. The lowest BCUT2D eigenvalue weighted by Crippen LogP contribution is -2.40. The third-order valence-electron chi connectivity index (χ3n) is 3.12. The molecule has 2 heterocycles. The zero-order chi connectivity index (χ0) is 13.3. The van der Waals surface area contributed by atoms with Gasteiger partial charge in [0, 0.05) is 13.1 Å². The van der Waals surface area contributed by atoms with E-state index in [1.54, 1.807) is 0 Å². The Morgan fingerprint density at radius 3 is 2.89 bits per heavy atom. The van der Waals surface area contributed by atoms with Crippen LogP contribution >= 0.6 is 11.6 Å². The SMILES string of the molecule is CC1(C)CCCN(c2nc(Cl)ncc2[N+](=O)[O-])C1. The summed E-state index contributed by atoms with van der Waals surface area (Å²) in [6.45, 7) is 5.79. The van der Waals surface area contributed by atoms with E-state index in [-0.39, 0.29) is 16.4 Å². The minimum Gasteiger partial charge on any atom is -0.350 e. The average Bonchev–Trinajstić information content (AvgIpc) is 2.27. The fourth-order valence-corrected chi connectivity index (χ4v) is 2.44. The van der Waals surface area contributed by atoms with Crippen LogP contribution in [0.5, 0.6) is 0 Å². The highest BCUT2D eigenvalue weighted by Crippen LogP contribution is 2.34. The van der Waals surface area contributed by atoms with Crippen molar-refractivity contribution in [3.63, 3.8) is 0 Å². The quantitative estimate of drug-likeness (QED) is 0.469. The first-order chi connectivity index (χ1) is 8.39. The Balaban J connectivity index is 2.37. The van der Waals surface area contributed by atoms with Crippen LogP contribution in [-0.4, -0.2) is 28.0 Å². The first-order valence-electron chi connectivity index (χ1n) is 5.81. The molecule has 0 atom stereocenters. The van der Waals surface area contributed by atoms with Crippen molar-refractivity contribution in [1.29, 1.82) is 0 Å². The molecule has 0 unspecified atom stereocenters. The first-order valence-corrected chi connectivity index (χ1v) is 6.19. The molecule has 1 aliphatic heterocycles. The Bertz CT molecular complexity index is 478. The van der Waals surface area contributed by atoms with Gasteiger partial charge in [0.2, 0.25) is 11.1 Å². The monoisotopic (exact) mass is 270 g/mol. The van der Waals surface area contributed by atoms with Crippen LogP contribution in [-0.2, 0) is 0 Å². The molecule has 98 valence electrons. The van der Waals surface area contributed by atoms with Crippen molar-refractivity contribution in [3.8, 4) is 0 Å². The van der Waals surface area contributed by atoms with E-state index in [9.17, 15) is 10.1 Å². The molecule has 6 nitrogen and oxygen atoms in total. The van der Waals surface area contributed by atoms with Gasteiger partial charge >= 0.3 is 5.69 Å². The number of rotatable bonds is 2. The molecule has 1 aromatic rings. The van der Waals surface area contributed by atoms with Crippen LogP contribution in [0.3, 0.4) is 0 Å². The summed E-state index contributed by atoms with van der Waals surface area (Å²) in [5.74, 6) is 0.327. The summed E-state index contributed by atoms with van der Waals surface area (Å²) < 4.78 is 0. The Morgan fingerprint density at radius 1 is 1.56 bits per heavy atom. The third kappa shape index (κ3) is 2.69. The molecule has 0 aromatic carbocycles. The van der Waals surface area contributed by atoms with Crippen LogP contribution < -0.4 is 4.90 Å². The smallest absolute Gasteiger partial charge is 0.329 e. The zero-order valence-electron chi connectivity index (χ0n) is 10.4. The predicted octanol–water partition coefficient (Wildman–Crippen LogP) is 2.66. The lowest BCUT2D eigenvalue weighted by atomic mass is 9.84. The van der Waals surface area contributed by atoms with Crippen molar-refractivity contribution in [2.24, 2.45) is 5.41 Å². The largest absolute Gasteiger partial charge is 0.350 e. The Labute approximate surface area is 110 Å². The van der Waals surface area contributed by atoms with Crippen molar-refractivity contribution >= 4 is 23.1 Å². The molecule has 1 aromatic heterocycles. The molecule has 1 aliphatic rings. The number of piperidine rings is 1. The third-order valence-corrected chi connectivity index (χ3v) is 3.30. The Kier molecular flexibility index (Phi) is 3.38. The minimum atomic E-state index is -0.465. The van der Waals surface area contributed by atoms with Crippen molar-refractivity contribution in [2.75, 3.05) is 18.0 Å². The number of hydrogen-bond acceptors (Lipinski definition) is 5. The lowest BCUT2D eigenvalue weighted by Gasteiger charge is -2.38. The van der Waals surface area contributed by atoms with Gasteiger partial charge in [-0.05, 0) is 29.9 Å². The number of hydrogen-bond donors (Lipinski definition) is 0. The standard InChI is InChI=1S/C11H15ClN4O2/c1-11(2)4-3-5-15(7-11)9-8(16(17)18)6-13-10(12)14-9/h6H,3-5,7H2,1-2H3. The average molecular weight is 271 g/mol. The van der Waals surface area contributed by atoms with Crippen LogP contribution in [0.1, 0.15) is 26.7 Å². The summed E-state index contributed by atoms with van der Waals surface area (Å²) in [6.07, 6.45) is 3.27. The molecule has 0 spiro atoms. The maximum Gasteiger partial charge on any atom is 0.329 e. The predicted molar refractivity (Wildman–Crippen MR) is 68.9 cm³/mol. The van der Waals surface area contributed by atoms with Gasteiger partial charge in [-0.15, -0.1) is 0 Å². The second-order valence-electron chi connectivity index (χ2n) is 5.29. The number of nitrogens with zero attached hydrogens (tertiary/aromatic N) is 4. The summed E-state index contributed by atoms with van der Waals surface area (Å²) in [5, 5.41) is 11.0. The van der Waals surface area contributed by atoms with Gasteiger partial charge in [0.05, 0.1) is 4.92 Å². The van der Waals surface area contributed by atoms with Gasteiger partial charge in [0.1, 0.15) is 6.20 Å². The summed E-state index contributed by atoms with van der Waals surface area (Å²) >= 11 is 5.74. The molecule has 0 bridgehead atoms. The van der Waals surface area contributed by atoms with E-state index >= 15 is 0 Å². The van der Waals surface area contributed by atoms with E-state index in [1.165, 1.54) is 6.20 Å². The molecule has 0 saturated carbocycles. The minimum absolute atomic E-state index is 0.0407. The van der Waals surface area contributed by atoms with Gasteiger partial charge in [0.15, 0.2) is 0 Å². The first kappa shape index (κ1) is 13.0. The summed E-state index contributed by atoms with van der Waals surface area (Å²) in [7, 11) is 0. The lowest BCUT2D eigenvalue weighted by molar-refractivity contribution is -0.384.